The number of benzene rings is 5. The molecular weight excluding hydrogens is 939 g/mol. The van der Waals surface area contributed by atoms with Crippen LogP contribution < -0.4 is 20.8 Å². The van der Waals surface area contributed by atoms with Crippen LogP contribution in [-0.4, -0.2) is 30.3 Å². The Morgan fingerprint density at radius 3 is 1.97 bits per heavy atom. The minimum atomic E-state index is -3.23. The number of fused-ring (bicyclic) bond motifs is 1. The Morgan fingerprint density at radius 2 is 1.33 bits per heavy atom. The monoisotopic (exact) mass is 987 g/mol. The molecule has 3 nitrogen and oxygen atoms in total. The fourth-order valence-corrected chi connectivity index (χ4v) is 14.8. The molecule has 1 heterocycles. The molecule has 5 aromatic carbocycles. The van der Waals surface area contributed by atoms with Gasteiger partial charge in [-0.3, -0.25) is 0 Å². The molecule has 1 saturated heterocycles. The fraction of sp³-hybridized carbons (Fsp3) is 0.154. The number of thioether (sulfide) groups is 1. The van der Waals surface area contributed by atoms with Gasteiger partial charge in [-0.1, -0.05) is 0 Å². The predicted octanol–water partition coefficient (Wildman–Crippen LogP) is 13.3. The maximum absolute atomic E-state index is 8.12. The number of hydrogen-bond donors (Lipinski definition) is 1. The zero-order chi connectivity index (χ0) is 42.5. The van der Waals surface area contributed by atoms with Crippen molar-refractivity contribution >= 4 is 81.8 Å². The van der Waals surface area contributed by atoms with E-state index in [1.807, 2.05) is 11.8 Å². The van der Waals surface area contributed by atoms with E-state index in [0.29, 0.717) is 0 Å². The Hall–Kier alpha value is -4.05. The molecule has 0 radical (unpaired) electrons. The molecule has 1 N–H and O–H groups in total. The van der Waals surface area contributed by atoms with E-state index < -0.39 is 20.5 Å². The summed E-state index contributed by atoms with van der Waals surface area (Å²) in [5.74, 6) is 2.17. The number of rotatable bonds is 8. The fourth-order valence-electron chi connectivity index (χ4n) is 9.46. The van der Waals surface area contributed by atoms with Crippen molar-refractivity contribution in [3.05, 3.63) is 226 Å². The van der Waals surface area contributed by atoms with Crippen LogP contribution in [0.4, 0.5) is 5.69 Å². The van der Waals surface area contributed by atoms with Gasteiger partial charge in [0.1, 0.15) is 0 Å². The summed E-state index contributed by atoms with van der Waals surface area (Å²) in [4.78, 5) is 2.52. The van der Waals surface area contributed by atoms with Crippen molar-refractivity contribution in [1.82, 2.24) is 5.32 Å². The van der Waals surface area contributed by atoms with E-state index in [0.717, 1.165) is 18.8 Å². The number of anilines is 1. The zero-order valence-electron chi connectivity index (χ0n) is 34.6. The molecule has 2 unspecified atom stereocenters. The maximum atomic E-state index is 8.12. The average molecular weight is 988 g/mol. The van der Waals surface area contributed by atoms with E-state index in [4.69, 9.17) is 33.6 Å². The molecule has 1 fully saturated rings. The van der Waals surface area contributed by atoms with Crippen molar-refractivity contribution in [1.29, 1.82) is 0 Å². The van der Waals surface area contributed by atoms with E-state index >= 15 is 0 Å². The minimum absolute atomic E-state index is 0.0271. The van der Waals surface area contributed by atoms with Gasteiger partial charge in [0.15, 0.2) is 0 Å². The van der Waals surface area contributed by atoms with Crippen molar-refractivity contribution in [3.8, 4) is 0 Å². The summed E-state index contributed by atoms with van der Waals surface area (Å²) in [6, 6.07) is 46.4. The summed E-state index contributed by atoms with van der Waals surface area (Å²) in [6.07, 6.45) is 20.5. The van der Waals surface area contributed by atoms with Gasteiger partial charge in [0.25, 0.3) is 0 Å². The molecule has 0 saturated carbocycles. The van der Waals surface area contributed by atoms with Gasteiger partial charge in [-0.15, -0.1) is 0 Å². The molecule has 1 aliphatic heterocycles. The van der Waals surface area contributed by atoms with Crippen LogP contribution in [0.15, 0.2) is 193 Å². The molecule has 3 aliphatic carbocycles. The summed E-state index contributed by atoms with van der Waals surface area (Å²) in [7, 11) is 11.6. The molecule has 9 heteroatoms. The Labute approximate surface area is 383 Å². The van der Waals surface area contributed by atoms with Crippen LogP contribution >= 0.6 is 48.3 Å². The van der Waals surface area contributed by atoms with Crippen LogP contribution in [0.5, 0.6) is 0 Å². The number of halogens is 3. The number of allylic oxidation sites excluding steroid dienone is 10. The van der Waals surface area contributed by atoms with Gasteiger partial charge in [0.05, 0.1) is 0 Å². The Bertz CT molecular complexity index is 2560. The van der Waals surface area contributed by atoms with Crippen molar-refractivity contribution in [2.24, 2.45) is 0 Å². The third-order valence-electron chi connectivity index (χ3n) is 11.7. The first kappa shape index (κ1) is 43.6. The quantitative estimate of drug-likeness (QED) is 0.124. The Kier molecular flexibility index (Phi) is 14.0. The van der Waals surface area contributed by atoms with Crippen LogP contribution in [0.25, 0.3) is 17.2 Å². The van der Waals surface area contributed by atoms with Gasteiger partial charge in [-0.25, -0.2) is 0 Å². The number of nitrogens with one attached hydrogen (secondary N) is 1. The molecule has 61 heavy (non-hydrogen) atoms. The van der Waals surface area contributed by atoms with E-state index in [2.05, 4.69) is 213 Å². The van der Waals surface area contributed by atoms with Gasteiger partial charge in [0, 0.05) is 0 Å². The molecule has 9 rings (SSSR count). The van der Waals surface area contributed by atoms with Crippen LogP contribution in [-0.2, 0) is 17.5 Å². The third kappa shape index (κ3) is 8.94. The molecule has 0 amide bonds. The predicted molar refractivity (Wildman–Crippen MR) is 266 cm³/mol. The Balaban J connectivity index is 0.00000123. The van der Waals surface area contributed by atoms with Crippen molar-refractivity contribution < 1.29 is 17.5 Å². The normalized spacial score (nSPS) is 20.9. The van der Waals surface area contributed by atoms with Gasteiger partial charge >= 0.3 is 387 Å². The first-order chi connectivity index (χ1) is 29.7. The van der Waals surface area contributed by atoms with E-state index in [9.17, 15) is 0 Å². The Morgan fingerprint density at radius 1 is 0.738 bits per heavy atom. The first-order valence-electron chi connectivity index (χ1n) is 20.4. The standard InChI is InChI=1S/C52H49N2OPS.3ClH.Ru/c1-36-33-37(2)50(38(3)34-36)54-32-31-53-52(54)44-27-16-17-30-48(44)56(41-22-10-6-11-23-41,42-24-12-7-13-25-42)55-47-29-18-28-45(51(47)57-4)49-43-26-15-14-21-40(43)35-46(49)39-19-8-5-9-20-39;;;;/h5-30,33-35,48,51,53,56H,31-32H2,1-4H3;3*1H;/q;;;;+3/p-3. The summed E-state index contributed by atoms with van der Waals surface area (Å²) in [5.41, 5.74) is 14.0. The molecule has 0 spiro atoms. The summed E-state index contributed by atoms with van der Waals surface area (Å²) in [5, 5.41) is 6.35. The zero-order valence-corrected chi connectivity index (χ0v) is 40.4. The van der Waals surface area contributed by atoms with Crippen molar-refractivity contribution in [3.63, 3.8) is 0 Å². The molecule has 4 aliphatic rings. The van der Waals surface area contributed by atoms with Gasteiger partial charge in [0.2, 0.25) is 0 Å². The second kappa shape index (κ2) is 19.6. The van der Waals surface area contributed by atoms with Crippen LogP contribution in [0, 0.1) is 20.8 Å². The molecule has 5 aromatic rings. The number of aryl methyl sites for hydroxylation is 3. The molecule has 0 aromatic heterocycles. The summed E-state index contributed by atoms with van der Waals surface area (Å²) < 4.78 is 8.12. The topological polar surface area (TPSA) is 24.5 Å². The van der Waals surface area contributed by atoms with E-state index in [1.54, 1.807) is 0 Å². The molecule has 0 bridgehead atoms. The molecule has 313 valence electrons. The van der Waals surface area contributed by atoms with Crippen LogP contribution in [0.2, 0.25) is 0 Å². The second-order valence-electron chi connectivity index (χ2n) is 15.5. The third-order valence-corrected chi connectivity index (χ3v) is 17.0. The average Bonchev–Trinajstić information content (AvgIpc) is 3.91. The van der Waals surface area contributed by atoms with E-state index in [-0.39, 0.29) is 10.9 Å². The van der Waals surface area contributed by atoms with E-state index in [1.165, 1.54) is 77.8 Å². The molecule has 2 atom stereocenters. The van der Waals surface area contributed by atoms with Crippen molar-refractivity contribution in [2.45, 2.75) is 31.7 Å². The van der Waals surface area contributed by atoms with Crippen LogP contribution in [0.1, 0.15) is 33.4 Å². The van der Waals surface area contributed by atoms with Crippen molar-refractivity contribution in [2.75, 3.05) is 24.2 Å². The summed E-state index contributed by atoms with van der Waals surface area (Å²) >= 11 is 0.101. The molecular formula is C52H49Cl3N2OPRuS. The number of nitrogens with zero attached hydrogens (tertiary/aromatic N) is 1. The number of hydrogen-bond acceptors (Lipinski definition) is 4. The summed E-state index contributed by atoms with van der Waals surface area (Å²) in [6.45, 7) is 8.47. The second-order valence-corrected chi connectivity index (χ2v) is 27.8. The van der Waals surface area contributed by atoms with Crippen LogP contribution in [0.3, 0.4) is 0 Å². The van der Waals surface area contributed by atoms with Gasteiger partial charge in [-0.2, -0.15) is 0 Å². The van der Waals surface area contributed by atoms with Gasteiger partial charge in [-0.05, 0) is 0 Å². The SMILES string of the molecule is CSC1C(O[PH](c2ccccc2)(c2ccccc2)C2C=CC=CC2=C2NCCN2c2c(C)cc(C)cc2C)=CC=CC1=C1C(c2ccccc2)=Cc2ccccc21.[Cl][Ru]([Cl])[Cl]. The van der Waals surface area contributed by atoms with Gasteiger partial charge < -0.3 is 0 Å². The first-order valence-corrected chi connectivity index (χ1v) is 30.4.